The van der Waals surface area contributed by atoms with Gasteiger partial charge in [0.2, 0.25) is 0 Å². The molecule has 2 aliphatic carbocycles. The van der Waals surface area contributed by atoms with Crippen molar-refractivity contribution in [1.82, 2.24) is 0 Å². The van der Waals surface area contributed by atoms with Crippen molar-refractivity contribution in [1.29, 1.82) is 0 Å². The summed E-state index contributed by atoms with van der Waals surface area (Å²) in [4.78, 5) is 0. The Morgan fingerprint density at radius 3 is 1.07 bits per heavy atom. The SMILES string of the molecule is NCC1CCC(CN)CC1.NCc1ccc(CN)cc1.OC1CCC(O)CC1. The van der Waals surface area contributed by atoms with Crippen LogP contribution in [0.4, 0.5) is 0 Å². The fourth-order valence-corrected chi connectivity index (χ4v) is 3.57. The van der Waals surface area contributed by atoms with Crippen molar-refractivity contribution in [3.05, 3.63) is 35.4 Å². The lowest BCUT2D eigenvalue weighted by Gasteiger charge is -2.26. The van der Waals surface area contributed by atoms with Crippen molar-refractivity contribution in [2.75, 3.05) is 13.1 Å². The molecular formula is C22H42N4O2. The second-order valence-corrected chi connectivity index (χ2v) is 8.05. The van der Waals surface area contributed by atoms with E-state index in [0.29, 0.717) is 13.1 Å². The van der Waals surface area contributed by atoms with Crippen molar-refractivity contribution < 1.29 is 10.2 Å². The molecule has 1 aromatic rings. The van der Waals surface area contributed by atoms with Crippen LogP contribution < -0.4 is 22.9 Å². The Bertz CT molecular complexity index is 437. The molecule has 0 atom stereocenters. The summed E-state index contributed by atoms with van der Waals surface area (Å²) < 4.78 is 0. The highest BCUT2D eigenvalue weighted by Gasteiger charge is 2.18. The van der Waals surface area contributed by atoms with Gasteiger partial charge in [0.1, 0.15) is 0 Å². The first-order chi connectivity index (χ1) is 13.5. The van der Waals surface area contributed by atoms with Crippen LogP contribution in [0.3, 0.4) is 0 Å². The monoisotopic (exact) mass is 394 g/mol. The van der Waals surface area contributed by atoms with Crippen LogP contribution in [-0.2, 0) is 13.1 Å². The zero-order valence-corrected chi connectivity index (χ0v) is 17.3. The Morgan fingerprint density at radius 1 is 0.571 bits per heavy atom. The highest BCUT2D eigenvalue weighted by Crippen LogP contribution is 2.26. The van der Waals surface area contributed by atoms with E-state index in [0.717, 1.165) is 61.7 Å². The van der Waals surface area contributed by atoms with Gasteiger partial charge in [-0.1, -0.05) is 24.3 Å². The first-order valence-corrected chi connectivity index (χ1v) is 10.8. The molecule has 6 heteroatoms. The van der Waals surface area contributed by atoms with Gasteiger partial charge < -0.3 is 33.1 Å². The molecule has 0 heterocycles. The minimum absolute atomic E-state index is 0.140. The molecule has 0 spiro atoms. The Kier molecular flexibility index (Phi) is 13.3. The first-order valence-electron chi connectivity index (χ1n) is 10.8. The summed E-state index contributed by atoms with van der Waals surface area (Å²) in [5.41, 5.74) is 24.2. The van der Waals surface area contributed by atoms with Gasteiger partial charge in [-0.15, -0.1) is 0 Å². The van der Waals surface area contributed by atoms with Crippen LogP contribution >= 0.6 is 0 Å². The van der Waals surface area contributed by atoms with E-state index in [-0.39, 0.29) is 12.2 Å². The van der Waals surface area contributed by atoms with Crippen LogP contribution in [0.15, 0.2) is 24.3 Å². The van der Waals surface area contributed by atoms with E-state index in [1.54, 1.807) is 0 Å². The zero-order valence-electron chi connectivity index (χ0n) is 17.3. The summed E-state index contributed by atoms with van der Waals surface area (Å²) in [5.74, 6) is 1.59. The summed E-state index contributed by atoms with van der Waals surface area (Å²) in [7, 11) is 0. The first kappa shape index (κ1) is 25.0. The quantitative estimate of drug-likeness (QED) is 0.457. The fraction of sp³-hybridized carbons (Fsp3) is 0.727. The van der Waals surface area contributed by atoms with Gasteiger partial charge in [-0.25, -0.2) is 0 Å². The van der Waals surface area contributed by atoms with E-state index < -0.39 is 0 Å². The number of aliphatic hydroxyl groups excluding tert-OH is 2. The second kappa shape index (κ2) is 14.9. The largest absolute Gasteiger partial charge is 0.393 e. The molecular weight excluding hydrogens is 352 g/mol. The van der Waals surface area contributed by atoms with Crippen LogP contribution in [0.1, 0.15) is 62.5 Å². The highest BCUT2D eigenvalue weighted by molar-refractivity contribution is 5.21. The number of nitrogens with two attached hydrogens (primary N) is 4. The smallest absolute Gasteiger partial charge is 0.0542 e. The van der Waals surface area contributed by atoms with Gasteiger partial charge in [0, 0.05) is 13.1 Å². The molecule has 162 valence electrons. The minimum Gasteiger partial charge on any atom is -0.393 e. The molecule has 10 N–H and O–H groups in total. The Morgan fingerprint density at radius 2 is 0.857 bits per heavy atom. The maximum Gasteiger partial charge on any atom is 0.0542 e. The van der Waals surface area contributed by atoms with Crippen LogP contribution in [0.2, 0.25) is 0 Å². The third-order valence-electron chi connectivity index (χ3n) is 5.79. The number of hydrogen-bond acceptors (Lipinski definition) is 6. The third kappa shape index (κ3) is 10.5. The predicted molar refractivity (Wildman–Crippen MR) is 116 cm³/mol. The topological polar surface area (TPSA) is 145 Å². The lowest BCUT2D eigenvalue weighted by Crippen LogP contribution is -2.25. The minimum atomic E-state index is -0.140. The van der Waals surface area contributed by atoms with Crippen LogP contribution in [0, 0.1) is 11.8 Å². The van der Waals surface area contributed by atoms with Gasteiger partial charge in [0.15, 0.2) is 0 Å². The number of hydrogen-bond donors (Lipinski definition) is 6. The molecule has 1 aromatic carbocycles. The molecule has 0 radical (unpaired) electrons. The molecule has 6 nitrogen and oxygen atoms in total. The van der Waals surface area contributed by atoms with E-state index in [4.69, 9.17) is 33.1 Å². The molecule has 0 aromatic heterocycles. The lowest BCUT2D eigenvalue weighted by molar-refractivity contribution is 0.0541. The van der Waals surface area contributed by atoms with Gasteiger partial charge >= 0.3 is 0 Å². The van der Waals surface area contributed by atoms with Crippen molar-refractivity contribution in [2.24, 2.45) is 34.8 Å². The van der Waals surface area contributed by atoms with Crippen molar-refractivity contribution in [3.8, 4) is 0 Å². The Hall–Kier alpha value is -1.02. The molecule has 0 saturated heterocycles. The maximum atomic E-state index is 8.92. The average molecular weight is 395 g/mol. The molecule has 0 aliphatic heterocycles. The fourth-order valence-electron chi connectivity index (χ4n) is 3.57. The van der Waals surface area contributed by atoms with Crippen molar-refractivity contribution >= 4 is 0 Å². The zero-order chi connectivity index (χ0) is 20.8. The van der Waals surface area contributed by atoms with Gasteiger partial charge in [-0.2, -0.15) is 0 Å². The number of benzene rings is 1. The molecule has 3 rings (SSSR count). The standard InChI is InChI=1S/C8H18N2.C8H12N2.C6H12O2/c2*9-5-7-1-2-8(6-10)4-3-7;7-5-1-2-6(8)4-3-5/h7-8H,1-6,9-10H2;1-4H,5-6,9-10H2;5-8H,1-4H2. The van der Waals surface area contributed by atoms with Crippen LogP contribution in [0.5, 0.6) is 0 Å². The molecule has 0 bridgehead atoms. The lowest BCUT2D eigenvalue weighted by atomic mass is 9.82. The molecule has 2 aliphatic rings. The summed E-state index contributed by atoms with van der Waals surface area (Å²) >= 11 is 0. The van der Waals surface area contributed by atoms with Gasteiger partial charge in [-0.3, -0.25) is 0 Å². The molecule has 0 unspecified atom stereocenters. The van der Waals surface area contributed by atoms with E-state index in [1.165, 1.54) is 25.7 Å². The molecule has 0 amide bonds. The van der Waals surface area contributed by atoms with E-state index in [9.17, 15) is 0 Å². The maximum absolute atomic E-state index is 8.92. The Labute approximate surface area is 170 Å². The van der Waals surface area contributed by atoms with Crippen molar-refractivity contribution in [3.63, 3.8) is 0 Å². The van der Waals surface area contributed by atoms with E-state index >= 15 is 0 Å². The summed E-state index contributed by atoms with van der Waals surface area (Å²) in [6, 6.07) is 8.01. The van der Waals surface area contributed by atoms with Gasteiger partial charge in [0.25, 0.3) is 0 Å². The van der Waals surface area contributed by atoms with E-state index in [1.807, 2.05) is 24.3 Å². The highest BCUT2D eigenvalue weighted by atomic mass is 16.3. The van der Waals surface area contributed by atoms with Gasteiger partial charge in [0.05, 0.1) is 12.2 Å². The van der Waals surface area contributed by atoms with Crippen molar-refractivity contribution in [2.45, 2.75) is 76.7 Å². The van der Waals surface area contributed by atoms with Gasteiger partial charge in [-0.05, 0) is 87.4 Å². The molecule has 2 saturated carbocycles. The number of aliphatic hydroxyl groups is 2. The normalized spacial score (nSPS) is 27.1. The molecule has 2 fully saturated rings. The second-order valence-electron chi connectivity index (χ2n) is 8.05. The third-order valence-corrected chi connectivity index (χ3v) is 5.79. The number of rotatable bonds is 4. The summed E-state index contributed by atoms with van der Waals surface area (Å²) in [6.07, 6.45) is 8.05. The van der Waals surface area contributed by atoms with E-state index in [2.05, 4.69) is 0 Å². The summed E-state index contributed by atoms with van der Waals surface area (Å²) in [5, 5.41) is 17.8. The summed E-state index contributed by atoms with van der Waals surface area (Å²) in [6.45, 7) is 2.95. The molecule has 28 heavy (non-hydrogen) atoms. The average Bonchev–Trinajstić information content (AvgIpc) is 2.76. The van der Waals surface area contributed by atoms with Crippen LogP contribution in [-0.4, -0.2) is 35.5 Å². The Balaban J connectivity index is 0.000000212. The predicted octanol–water partition coefficient (Wildman–Crippen LogP) is 1.60. The van der Waals surface area contributed by atoms with Crippen LogP contribution in [0.25, 0.3) is 0 Å².